The fourth-order valence-electron chi connectivity index (χ4n) is 3.20. The van der Waals surface area contributed by atoms with E-state index in [1.54, 1.807) is 24.4 Å². The summed E-state index contributed by atoms with van der Waals surface area (Å²) in [5.74, 6) is 0.285. The lowest BCUT2D eigenvalue weighted by molar-refractivity contribution is 0.0672. The van der Waals surface area contributed by atoms with Gasteiger partial charge in [0.15, 0.2) is 0 Å². The third kappa shape index (κ3) is 4.02. The van der Waals surface area contributed by atoms with Crippen molar-refractivity contribution in [3.63, 3.8) is 0 Å². The van der Waals surface area contributed by atoms with Gasteiger partial charge in [-0.3, -0.25) is 4.79 Å². The standard InChI is InChI=1S/C20H22FN3O2/c21-15-6-3-13(4-7-15)19(17-2-1-11-26-17)24-20(25)14-5-10-18(22-12-14)23-16-8-9-16/h3-7,10,12,16-17,19H,1-2,8-9,11H2,(H,22,23)(H,24,25)/t17-,19-/m1/s1. The Balaban J connectivity index is 1.48. The number of halogens is 1. The first kappa shape index (κ1) is 17.0. The molecule has 136 valence electrons. The lowest BCUT2D eigenvalue weighted by Gasteiger charge is -2.25. The molecule has 5 nitrogen and oxygen atoms in total. The van der Waals surface area contributed by atoms with Crippen LogP contribution in [0.5, 0.6) is 0 Å². The Morgan fingerprint density at radius 1 is 1.15 bits per heavy atom. The maximum atomic E-state index is 13.3. The van der Waals surface area contributed by atoms with Crippen LogP contribution in [0, 0.1) is 5.82 Å². The fourth-order valence-corrected chi connectivity index (χ4v) is 3.20. The molecule has 2 N–H and O–H groups in total. The predicted octanol–water partition coefficient (Wildman–Crippen LogP) is 3.45. The minimum atomic E-state index is -0.310. The topological polar surface area (TPSA) is 63.2 Å². The van der Waals surface area contributed by atoms with Gasteiger partial charge in [0.1, 0.15) is 11.6 Å². The molecule has 2 aliphatic rings. The van der Waals surface area contributed by atoms with Crippen LogP contribution in [0.25, 0.3) is 0 Å². The van der Waals surface area contributed by atoms with Crippen LogP contribution in [-0.4, -0.2) is 29.6 Å². The van der Waals surface area contributed by atoms with Gasteiger partial charge in [-0.1, -0.05) is 12.1 Å². The number of nitrogens with one attached hydrogen (secondary N) is 2. The zero-order chi connectivity index (χ0) is 17.9. The summed E-state index contributed by atoms with van der Waals surface area (Å²) in [6.45, 7) is 0.682. The van der Waals surface area contributed by atoms with E-state index in [2.05, 4.69) is 15.6 Å². The summed E-state index contributed by atoms with van der Waals surface area (Å²) in [6.07, 6.45) is 5.65. The highest BCUT2D eigenvalue weighted by Crippen LogP contribution is 2.28. The number of aromatic nitrogens is 1. The van der Waals surface area contributed by atoms with Crippen LogP contribution >= 0.6 is 0 Å². The van der Waals surface area contributed by atoms with Gasteiger partial charge in [0, 0.05) is 18.8 Å². The van der Waals surface area contributed by atoms with Crippen molar-refractivity contribution in [2.24, 2.45) is 0 Å². The summed E-state index contributed by atoms with van der Waals surface area (Å²) in [5, 5.41) is 6.34. The lowest BCUT2D eigenvalue weighted by Crippen LogP contribution is -2.36. The van der Waals surface area contributed by atoms with E-state index in [9.17, 15) is 9.18 Å². The van der Waals surface area contributed by atoms with Gasteiger partial charge in [0.25, 0.3) is 5.91 Å². The van der Waals surface area contributed by atoms with Crippen LogP contribution in [0.15, 0.2) is 42.6 Å². The largest absolute Gasteiger partial charge is 0.376 e. The number of ether oxygens (including phenoxy) is 1. The molecule has 1 aliphatic carbocycles. The predicted molar refractivity (Wildman–Crippen MR) is 96.5 cm³/mol. The third-order valence-electron chi connectivity index (χ3n) is 4.81. The summed E-state index contributed by atoms with van der Waals surface area (Å²) >= 11 is 0. The molecule has 1 saturated heterocycles. The second-order valence-electron chi connectivity index (χ2n) is 6.90. The Morgan fingerprint density at radius 2 is 1.96 bits per heavy atom. The molecule has 2 heterocycles. The Bertz CT molecular complexity index is 754. The van der Waals surface area contributed by atoms with Crippen molar-refractivity contribution in [3.8, 4) is 0 Å². The van der Waals surface area contributed by atoms with Gasteiger partial charge in [-0.25, -0.2) is 9.37 Å². The van der Waals surface area contributed by atoms with Crippen molar-refractivity contribution in [1.29, 1.82) is 0 Å². The molecule has 0 unspecified atom stereocenters. The third-order valence-corrected chi connectivity index (χ3v) is 4.81. The molecule has 1 aliphatic heterocycles. The van der Waals surface area contributed by atoms with Gasteiger partial charge < -0.3 is 15.4 Å². The summed E-state index contributed by atoms with van der Waals surface area (Å²) in [7, 11) is 0. The molecule has 4 rings (SSSR count). The average molecular weight is 355 g/mol. The number of anilines is 1. The Kier molecular flexibility index (Phi) is 4.84. The number of hydrogen-bond acceptors (Lipinski definition) is 4. The average Bonchev–Trinajstić information content (AvgIpc) is 3.30. The second kappa shape index (κ2) is 7.41. The number of pyridine rings is 1. The normalized spacial score (nSPS) is 20.6. The van der Waals surface area contributed by atoms with Gasteiger partial charge in [0.05, 0.1) is 17.7 Å². The first-order chi connectivity index (χ1) is 12.7. The summed E-state index contributed by atoms with van der Waals surface area (Å²) < 4.78 is 19.0. The highest BCUT2D eigenvalue weighted by atomic mass is 19.1. The second-order valence-corrected chi connectivity index (χ2v) is 6.90. The smallest absolute Gasteiger partial charge is 0.253 e. The van der Waals surface area contributed by atoms with Gasteiger partial charge in [-0.15, -0.1) is 0 Å². The molecule has 0 spiro atoms. The minimum absolute atomic E-state index is 0.104. The maximum Gasteiger partial charge on any atom is 0.253 e. The van der Waals surface area contributed by atoms with Crippen LogP contribution in [-0.2, 0) is 4.74 Å². The van der Waals surface area contributed by atoms with Crippen molar-refractivity contribution >= 4 is 11.7 Å². The molecule has 0 radical (unpaired) electrons. The van der Waals surface area contributed by atoms with Gasteiger partial charge in [-0.2, -0.15) is 0 Å². The van der Waals surface area contributed by atoms with Crippen molar-refractivity contribution in [3.05, 3.63) is 59.5 Å². The quantitative estimate of drug-likeness (QED) is 0.833. The molecule has 1 aromatic carbocycles. The molecular weight excluding hydrogens is 333 g/mol. The van der Waals surface area contributed by atoms with Crippen LogP contribution in [0.4, 0.5) is 10.2 Å². The monoisotopic (exact) mass is 355 g/mol. The maximum absolute atomic E-state index is 13.3. The van der Waals surface area contributed by atoms with E-state index in [0.717, 1.165) is 24.2 Å². The summed E-state index contributed by atoms with van der Waals surface area (Å²) in [6, 6.07) is 10.0. The highest BCUT2D eigenvalue weighted by molar-refractivity contribution is 5.94. The number of amides is 1. The van der Waals surface area contributed by atoms with Gasteiger partial charge in [-0.05, 0) is 55.5 Å². The van der Waals surface area contributed by atoms with Crippen molar-refractivity contribution in [2.45, 2.75) is 43.9 Å². The number of nitrogens with zero attached hydrogens (tertiary/aromatic N) is 1. The number of hydrogen-bond donors (Lipinski definition) is 2. The van der Waals surface area contributed by atoms with E-state index in [4.69, 9.17) is 4.74 Å². The number of rotatable bonds is 6. The first-order valence-corrected chi connectivity index (χ1v) is 9.09. The summed E-state index contributed by atoms with van der Waals surface area (Å²) in [5.41, 5.74) is 1.34. The Labute approximate surface area is 152 Å². The molecule has 26 heavy (non-hydrogen) atoms. The molecule has 2 fully saturated rings. The van der Waals surface area contributed by atoms with Crippen molar-refractivity contribution in [2.75, 3.05) is 11.9 Å². The fraction of sp³-hybridized carbons (Fsp3) is 0.400. The SMILES string of the molecule is O=C(N[C@H](c1ccc(F)cc1)[C@H]1CCCO1)c1ccc(NC2CC2)nc1. The minimum Gasteiger partial charge on any atom is -0.376 e. The highest BCUT2D eigenvalue weighted by Gasteiger charge is 2.29. The number of carbonyl (C=O) groups excluding carboxylic acids is 1. The zero-order valence-electron chi connectivity index (χ0n) is 14.5. The van der Waals surface area contributed by atoms with Crippen molar-refractivity contribution in [1.82, 2.24) is 10.3 Å². The van der Waals surface area contributed by atoms with Gasteiger partial charge in [0.2, 0.25) is 0 Å². The van der Waals surface area contributed by atoms with E-state index in [1.807, 2.05) is 6.07 Å². The zero-order valence-corrected chi connectivity index (χ0v) is 14.5. The van der Waals surface area contributed by atoms with E-state index in [0.29, 0.717) is 18.2 Å². The van der Waals surface area contributed by atoms with Crippen LogP contribution in [0.3, 0.4) is 0 Å². The molecular formula is C20H22FN3O2. The first-order valence-electron chi connectivity index (χ1n) is 9.09. The number of benzene rings is 1. The van der Waals surface area contributed by atoms with Crippen LogP contribution in [0.2, 0.25) is 0 Å². The summed E-state index contributed by atoms with van der Waals surface area (Å²) in [4.78, 5) is 17.0. The van der Waals surface area contributed by atoms with Crippen LogP contribution in [0.1, 0.15) is 47.6 Å². The van der Waals surface area contributed by atoms with Gasteiger partial charge >= 0.3 is 0 Å². The molecule has 1 amide bonds. The molecule has 1 aromatic heterocycles. The van der Waals surface area contributed by atoms with E-state index in [1.165, 1.54) is 25.0 Å². The molecule has 2 aromatic rings. The molecule has 0 bridgehead atoms. The number of carbonyl (C=O) groups is 1. The van der Waals surface area contributed by atoms with Crippen LogP contribution < -0.4 is 10.6 Å². The van der Waals surface area contributed by atoms with E-state index < -0.39 is 0 Å². The van der Waals surface area contributed by atoms with E-state index >= 15 is 0 Å². The Hall–Kier alpha value is -2.47. The molecule has 6 heteroatoms. The molecule has 1 saturated carbocycles. The van der Waals surface area contributed by atoms with Crippen molar-refractivity contribution < 1.29 is 13.9 Å². The Morgan fingerprint density at radius 3 is 2.58 bits per heavy atom. The lowest BCUT2D eigenvalue weighted by atomic mass is 9.99. The molecule has 2 atom stereocenters. The van der Waals surface area contributed by atoms with E-state index in [-0.39, 0.29) is 23.9 Å².